The monoisotopic (exact) mass is 391 g/mol. The van der Waals surface area contributed by atoms with Crippen LogP contribution in [0.25, 0.3) is 0 Å². The van der Waals surface area contributed by atoms with Gasteiger partial charge in [-0.25, -0.2) is 4.98 Å². The third kappa shape index (κ3) is 6.76. The summed E-state index contributed by atoms with van der Waals surface area (Å²) in [5.41, 5.74) is 3.25. The first-order valence-electron chi connectivity index (χ1n) is 9.86. The van der Waals surface area contributed by atoms with Crippen LogP contribution in [0.2, 0.25) is 0 Å². The summed E-state index contributed by atoms with van der Waals surface area (Å²) in [6, 6.07) is 18.3. The summed E-state index contributed by atoms with van der Waals surface area (Å²) >= 11 is 0. The number of aromatic nitrogens is 2. The lowest BCUT2D eigenvalue weighted by molar-refractivity contribution is 0.261. The quantitative estimate of drug-likeness (QED) is 0.542. The molecule has 6 nitrogen and oxygen atoms in total. The van der Waals surface area contributed by atoms with Crippen LogP contribution < -0.4 is 15.4 Å². The molecule has 0 fully saturated rings. The summed E-state index contributed by atoms with van der Waals surface area (Å²) < 4.78 is 5.73. The first kappa shape index (κ1) is 20.6. The fourth-order valence-corrected chi connectivity index (χ4v) is 2.76. The van der Waals surface area contributed by atoms with Crippen molar-refractivity contribution in [2.24, 2.45) is 0 Å². The number of anilines is 3. The fraction of sp³-hybridized carbons (Fsp3) is 0.304. The minimum absolute atomic E-state index is 0.569. The molecule has 1 heterocycles. The smallest absolute Gasteiger partial charge is 0.229 e. The number of nitrogens with zero attached hydrogens (tertiary/aromatic N) is 3. The van der Waals surface area contributed by atoms with Crippen molar-refractivity contribution in [3.8, 4) is 5.75 Å². The van der Waals surface area contributed by atoms with Gasteiger partial charge in [0.2, 0.25) is 5.95 Å². The Balaban J connectivity index is 1.55. The topological polar surface area (TPSA) is 62.3 Å². The number of nitrogens with one attached hydrogen (secondary N) is 2. The Bertz CT molecular complexity index is 882. The molecule has 3 aromatic rings. The summed E-state index contributed by atoms with van der Waals surface area (Å²) in [6.07, 6.45) is 2.78. The van der Waals surface area contributed by atoms with E-state index >= 15 is 0 Å². The van der Waals surface area contributed by atoms with Gasteiger partial charge in [0.05, 0.1) is 0 Å². The molecular weight excluding hydrogens is 362 g/mol. The highest BCUT2D eigenvalue weighted by molar-refractivity contribution is 5.57. The molecule has 0 spiro atoms. The molecule has 0 saturated heterocycles. The van der Waals surface area contributed by atoms with Crippen LogP contribution in [-0.4, -0.2) is 48.7 Å². The van der Waals surface area contributed by atoms with Crippen molar-refractivity contribution in [1.29, 1.82) is 0 Å². The highest BCUT2D eigenvalue weighted by atomic mass is 16.5. The molecule has 0 radical (unpaired) electrons. The van der Waals surface area contributed by atoms with E-state index in [-0.39, 0.29) is 0 Å². The summed E-state index contributed by atoms with van der Waals surface area (Å²) in [7, 11) is 4.06. The molecule has 0 saturated carbocycles. The van der Waals surface area contributed by atoms with E-state index in [1.165, 1.54) is 5.56 Å². The predicted molar refractivity (Wildman–Crippen MR) is 119 cm³/mol. The van der Waals surface area contributed by atoms with Crippen molar-refractivity contribution in [3.05, 3.63) is 71.9 Å². The molecule has 152 valence electrons. The molecule has 0 atom stereocenters. The number of rotatable bonds is 10. The van der Waals surface area contributed by atoms with E-state index in [4.69, 9.17) is 4.74 Å². The molecular formula is C23H29N5O. The van der Waals surface area contributed by atoms with E-state index in [0.29, 0.717) is 12.6 Å². The maximum atomic E-state index is 5.73. The third-order valence-corrected chi connectivity index (χ3v) is 4.44. The minimum Gasteiger partial charge on any atom is -0.492 e. The van der Waals surface area contributed by atoms with Gasteiger partial charge >= 0.3 is 0 Å². The van der Waals surface area contributed by atoms with Gasteiger partial charge in [-0.15, -0.1) is 0 Å². The number of hydrogen-bond donors (Lipinski definition) is 2. The fourth-order valence-electron chi connectivity index (χ4n) is 2.76. The van der Waals surface area contributed by atoms with E-state index in [9.17, 15) is 0 Å². The lowest BCUT2D eigenvalue weighted by Crippen LogP contribution is -2.19. The minimum atomic E-state index is 0.569. The second kappa shape index (κ2) is 10.4. The van der Waals surface area contributed by atoms with Crippen LogP contribution >= 0.6 is 0 Å². The molecule has 0 aliphatic heterocycles. The normalized spacial score (nSPS) is 10.8. The Morgan fingerprint density at radius 2 is 1.76 bits per heavy atom. The number of aryl methyl sites for hydroxylation is 1. The average molecular weight is 392 g/mol. The van der Waals surface area contributed by atoms with Crippen LogP contribution in [0.5, 0.6) is 5.75 Å². The Morgan fingerprint density at radius 1 is 1.00 bits per heavy atom. The van der Waals surface area contributed by atoms with Crippen molar-refractivity contribution in [2.45, 2.75) is 13.3 Å². The molecule has 2 N–H and O–H groups in total. The Morgan fingerprint density at radius 3 is 2.48 bits per heavy atom. The van der Waals surface area contributed by atoms with E-state index < -0.39 is 0 Å². The molecule has 0 aliphatic carbocycles. The summed E-state index contributed by atoms with van der Waals surface area (Å²) in [4.78, 5) is 11.1. The second-order valence-corrected chi connectivity index (χ2v) is 7.19. The van der Waals surface area contributed by atoms with Crippen LogP contribution in [-0.2, 0) is 6.42 Å². The SMILES string of the molecule is Cc1cnc(Nc2ccc(OCCN(C)C)cc2)nc1NCCc1ccccc1. The van der Waals surface area contributed by atoms with Gasteiger partial charge in [-0.3, -0.25) is 0 Å². The Labute approximate surface area is 173 Å². The Hall–Kier alpha value is -3.12. The van der Waals surface area contributed by atoms with Gasteiger partial charge in [0, 0.05) is 30.5 Å². The molecule has 0 amide bonds. The maximum absolute atomic E-state index is 5.73. The number of likely N-dealkylation sites (N-methyl/N-ethyl adjacent to an activating group) is 1. The molecule has 3 rings (SSSR count). The van der Waals surface area contributed by atoms with Crippen molar-refractivity contribution >= 4 is 17.5 Å². The standard InChI is InChI=1S/C23H29N5O/c1-18-17-25-23(27-22(18)24-14-13-19-7-5-4-6-8-19)26-20-9-11-21(12-10-20)29-16-15-28(2)3/h4-12,17H,13-16H2,1-3H3,(H2,24,25,26,27). The van der Waals surface area contributed by atoms with Crippen molar-refractivity contribution in [2.75, 3.05) is 44.4 Å². The van der Waals surface area contributed by atoms with E-state index in [1.807, 2.05) is 57.5 Å². The number of benzene rings is 2. The van der Waals surface area contributed by atoms with Crippen LogP contribution in [0.15, 0.2) is 60.8 Å². The second-order valence-electron chi connectivity index (χ2n) is 7.19. The molecule has 2 aromatic carbocycles. The first-order valence-corrected chi connectivity index (χ1v) is 9.86. The van der Waals surface area contributed by atoms with Crippen LogP contribution in [0.1, 0.15) is 11.1 Å². The van der Waals surface area contributed by atoms with Crippen LogP contribution in [0, 0.1) is 6.92 Å². The lowest BCUT2D eigenvalue weighted by atomic mass is 10.1. The van der Waals surface area contributed by atoms with E-state index in [2.05, 4.69) is 49.8 Å². The van der Waals surface area contributed by atoms with Crippen molar-refractivity contribution in [3.63, 3.8) is 0 Å². The number of hydrogen-bond acceptors (Lipinski definition) is 6. The zero-order valence-corrected chi connectivity index (χ0v) is 17.4. The predicted octanol–water partition coefficient (Wildman–Crippen LogP) is 4.12. The molecule has 0 unspecified atom stereocenters. The van der Waals surface area contributed by atoms with Crippen molar-refractivity contribution in [1.82, 2.24) is 14.9 Å². The summed E-state index contributed by atoms with van der Waals surface area (Å²) in [5.74, 6) is 2.27. The van der Waals surface area contributed by atoms with Gasteiger partial charge in [0.1, 0.15) is 18.2 Å². The van der Waals surface area contributed by atoms with Gasteiger partial charge in [-0.05, 0) is 57.3 Å². The summed E-state index contributed by atoms with van der Waals surface area (Å²) in [5, 5.41) is 6.67. The molecule has 0 bridgehead atoms. The average Bonchev–Trinajstić information content (AvgIpc) is 2.72. The molecule has 6 heteroatoms. The van der Waals surface area contributed by atoms with Gasteiger partial charge < -0.3 is 20.3 Å². The van der Waals surface area contributed by atoms with Crippen molar-refractivity contribution < 1.29 is 4.74 Å². The summed E-state index contributed by atoms with van der Waals surface area (Å²) in [6.45, 7) is 4.38. The molecule has 1 aromatic heterocycles. The van der Waals surface area contributed by atoms with Crippen LogP contribution in [0.4, 0.5) is 17.5 Å². The largest absolute Gasteiger partial charge is 0.492 e. The first-order chi connectivity index (χ1) is 14.1. The highest BCUT2D eigenvalue weighted by Crippen LogP contribution is 2.20. The lowest BCUT2D eigenvalue weighted by Gasteiger charge is -2.12. The third-order valence-electron chi connectivity index (χ3n) is 4.44. The van der Waals surface area contributed by atoms with Gasteiger partial charge in [-0.1, -0.05) is 30.3 Å². The van der Waals surface area contributed by atoms with Crippen LogP contribution in [0.3, 0.4) is 0 Å². The molecule has 0 aliphatic rings. The van der Waals surface area contributed by atoms with Gasteiger partial charge in [0.25, 0.3) is 0 Å². The maximum Gasteiger partial charge on any atom is 0.229 e. The zero-order valence-electron chi connectivity index (χ0n) is 17.4. The van der Waals surface area contributed by atoms with E-state index in [0.717, 1.165) is 42.3 Å². The Kier molecular flexibility index (Phi) is 7.41. The van der Waals surface area contributed by atoms with E-state index in [1.54, 1.807) is 0 Å². The van der Waals surface area contributed by atoms with Gasteiger partial charge in [-0.2, -0.15) is 4.98 Å². The highest BCUT2D eigenvalue weighted by Gasteiger charge is 2.05. The molecule has 29 heavy (non-hydrogen) atoms. The van der Waals surface area contributed by atoms with Gasteiger partial charge in [0.15, 0.2) is 0 Å². The zero-order chi connectivity index (χ0) is 20.5. The number of ether oxygens (including phenoxy) is 1.